The first kappa shape index (κ1) is 16.3. The van der Waals surface area contributed by atoms with E-state index >= 15 is 0 Å². The van der Waals surface area contributed by atoms with Gasteiger partial charge in [-0.05, 0) is 56.4 Å². The number of hydrogen-bond acceptors (Lipinski definition) is 4. The van der Waals surface area contributed by atoms with Gasteiger partial charge in [-0.15, -0.1) is 0 Å². The lowest BCUT2D eigenvalue weighted by molar-refractivity contribution is 0.325. The molecule has 0 amide bonds. The van der Waals surface area contributed by atoms with Crippen molar-refractivity contribution in [3.63, 3.8) is 0 Å². The summed E-state index contributed by atoms with van der Waals surface area (Å²) in [6, 6.07) is 12.4. The molecule has 124 valence electrons. The maximum absolute atomic E-state index is 9.45. The van der Waals surface area contributed by atoms with Crippen LogP contribution in [0.2, 0.25) is 0 Å². The maximum atomic E-state index is 9.45. The first-order chi connectivity index (χ1) is 11.7. The van der Waals surface area contributed by atoms with Crippen molar-refractivity contribution < 1.29 is 4.74 Å². The fraction of sp³-hybridized carbons (Fsp3) is 0.400. The van der Waals surface area contributed by atoms with E-state index in [4.69, 9.17) is 9.72 Å². The molecule has 24 heavy (non-hydrogen) atoms. The van der Waals surface area contributed by atoms with Gasteiger partial charge in [0.2, 0.25) is 0 Å². The van der Waals surface area contributed by atoms with Crippen LogP contribution in [0, 0.1) is 18.3 Å². The normalized spacial score (nSPS) is 13.0. The van der Waals surface area contributed by atoms with E-state index in [2.05, 4.69) is 13.0 Å². The third kappa shape index (κ3) is 3.68. The number of ether oxygens (including phenoxy) is 1. The molecular weight excluding hydrogens is 298 g/mol. The van der Waals surface area contributed by atoms with E-state index in [0.717, 1.165) is 30.1 Å². The molecule has 0 fully saturated rings. The van der Waals surface area contributed by atoms with Crippen LogP contribution >= 0.6 is 0 Å². The van der Waals surface area contributed by atoms with Gasteiger partial charge in [0.15, 0.2) is 0 Å². The third-order valence-electron chi connectivity index (χ3n) is 4.48. The standard InChI is InChI=1S/C20H23N3O/c1-15-7-9-18(10-8-15)24-12-11-23(2)20-17(14-21)13-16-5-3-4-6-19(16)22-20/h7-10,13H,3-6,11-12H2,1-2H3. The topological polar surface area (TPSA) is 49.1 Å². The average Bonchev–Trinajstić information content (AvgIpc) is 2.62. The van der Waals surface area contributed by atoms with Crippen LogP contribution in [0.1, 0.15) is 35.2 Å². The number of nitrogens with zero attached hydrogens (tertiary/aromatic N) is 3. The fourth-order valence-corrected chi connectivity index (χ4v) is 3.04. The summed E-state index contributed by atoms with van der Waals surface area (Å²) in [5.74, 6) is 1.64. The molecule has 1 aromatic heterocycles. The van der Waals surface area contributed by atoms with Crippen LogP contribution < -0.4 is 9.64 Å². The van der Waals surface area contributed by atoms with Gasteiger partial charge in [0.1, 0.15) is 24.2 Å². The highest BCUT2D eigenvalue weighted by molar-refractivity contribution is 5.56. The fourth-order valence-electron chi connectivity index (χ4n) is 3.04. The van der Waals surface area contributed by atoms with Crippen molar-refractivity contribution in [3.05, 3.63) is 52.7 Å². The molecule has 4 nitrogen and oxygen atoms in total. The van der Waals surface area contributed by atoms with Crippen molar-refractivity contribution in [3.8, 4) is 11.8 Å². The minimum absolute atomic E-state index is 0.559. The molecule has 0 atom stereocenters. The highest BCUT2D eigenvalue weighted by Gasteiger charge is 2.17. The van der Waals surface area contributed by atoms with E-state index in [0.29, 0.717) is 18.7 Å². The van der Waals surface area contributed by atoms with Gasteiger partial charge < -0.3 is 9.64 Å². The van der Waals surface area contributed by atoms with Gasteiger partial charge in [-0.3, -0.25) is 0 Å². The average molecular weight is 321 g/mol. The Labute approximate surface area is 143 Å². The van der Waals surface area contributed by atoms with Gasteiger partial charge in [0.25, 0.3) is 0 Å². The molecule has 1 aliphatic rings. The van der Waals surface area contributed by atoms with E-state index in [1.54, 1.807) is 0 Å². The first-order valence-electron chi connectivity index (χ1n) is 8.51. The van der Waals surface area contributed by atoms with Crippen LogP contribution in [0.5, 0.6) is 5.75 Å². The highest BCUT2D eigenvalue weighted by Crippen LogP contribution is 2.26. The Bertz CT molecular complexity index is 747. The van der Waals surface area contributed by atoms with Crippen molar-refractivity contribution >= 4 is 5.82 Å². The Hall–Kier alpha value is -2.54. The van der Waals surface area contributed by atoms with Crippen LogP contribution in [-0.2, 0) is 12.8 Å². The quantitative estimate of drug-likeness (QED) is 0.843. The minimum atomic E-state index is 0.559. The minimum Gasteiger partial charge on any atom is -0.492 e. The van der Waals surface area contributed by atoms with Crippen LogP contribution in [0.3, 0.4) is 0 Å². The molecule has 0 saturated heterocycles. The van der Waals surface area contributed by atoms with Crippen molar-refractivity contribution in [1.29, 1.82) is 5.26 Å². The number of hydrogen-bond donors (Lipinski definition) is 0. The van der Waals surface area contributed by atoms with Crippen LogP contribution in [0.15, 0.2) is 30.3 Å². The summed E-state index contributed by atoms with van der Waals surface area (Å²) in [4.78, 5) is 6.78. The Morgan fingerprint density at radius 3 is 2.71 bits per heavy atom. The highest BCUT2D eigenvalue weighted by atomic mass is 16.5. The monoisotopic (exact) mass is 321 g/mol. The molecule has 4 heteroatoms. The molecule has 1 heterocycles. The lowest BCUT2D eigenvalue weighted by Crippen LogP contribution is -2.26. The summed E-state index contributed by atoms with van der Waals surface area (Å²) in [5.41, 5.74) is 4.28. The van der Waals surface area contributed by atoms with E-state index in [9.17, 15) is 5.26 Å². The van der Waals surface area contributed by atoms with E-state index < -0.39 is 0 Å². The van der Waals surface area contributed by atoms with Gasteiger partial charge in [0, 0.05) is 12.7 Å². The zero-order valence-electron chi connectivity index (χ0n) is 14.4. The van der Waals surface area contributed by atoms with E-state index in [1.165, 1.54) is 24.0 Å². The number of anilines is 1. The predicted octanol–water partition coefficient (Wildman–Crippen LogP) is 3.66. The second-order valence-electron chi connectivity index (χ2n) is 6.37. The third-order valence-corrected chi connectivity index (χ3v) is 4.48. The maximum Gasteiger partial charge on any atom is 0.146 e. The van der Waals surface area contributed by atoms with Crippen molar-refractivity contribution in [2.24, 2.45) is 0 Å². The Morgan fingerprint density at radius 1 is 1.21 bits per heavy atom. The van der Waals surface area contributed by atoms with Crippen LogP contribution in [-0.4, -0.2) is 25.2 Å². The number of rotatable bonds is 5. The van der Waals surface area contributed by atoms with Gasteiger partial charge in [-0.25, -0.2) is 4.98 Å². The molecule has 0 spiro atoms. The Balaban J connectivity index is 1.67. The van der Waals surface area contributed by atoms with Crippen LogP contribution in [0.25, 0.3) is 0 Å². The summed E-state index contributed by atoms with van der Waals surface area (Å²) >= 11 is 0. The SMILES string of the molecule is Cc1ccc(OCCN(C)c2nc3c(cc2C#N)CCCC3)cc1. The first-order valence-corrected chi connectivity index (χ1v) is 8.51. The Morgan fingerprint density at radius 2 is 1.96 bits per heavy atom. The smallest absolute Gasteiger partial charge is 0.146 e. The van der Waals surface area contributed by atoms with Gasteiger partial charge in [-0.1, -0.05) is 17.7 Å². The second-order valence-corrected chi connectivity index (χ2v) is 6.37. The number of benzene rings is 1. The molecular formula is C20H23N3O. The number of pyridine rings is 1. The summed E-state index contributed by atoms with van der Waals surface area (Å²) in [5, 5.41) is 9.45. The summed E-state index contributed by atoms with van der Waals surface area (Å²) in [6.45, 7) is 3.31. The molecule has 0 N–H and O–H groups in total. The molecule has 0 saturated carbocycles. The Kier molecular flexibility index (Phi) is 5.00. The van der Waals surface area contributed by atoms with Gasteiger partial charge in [-0.2, -0.15) is 5.26 Å². The van der Waals surface area contributed by atoms with E-state index in [1.807, 2.05) is 42.3 Å². The summed E-state index contributed by atoms with van der Waals surface area (Å²) in [7, 11) is 1.97. The summed E-state index contributed by atoms with van der Waals surface area (Å²) in [6.07, 6.45) is 4.43. The number of aromatic nitrogens is 1. The number of aryl methyl sites for hydroxylation is 3. The molecule has 1 aromatic carbocycles. The molecule has 0 bridgehead atoms. The zero-order valence-corrected chi connectivity index (χ0v) is 14.4. The molecule has 0 aliphatic heterocycles. The number of likely N-dealkylation sites (N-methyl/N-ethyl adjacent to an activating group) is 1. The number of nitriles is 1. The van der Waals surface area contributed by atoms with Crippen molar-refractivity contribution in [2.75, 3.05) is 25.1 Å². The molecule has 2 aromatic rings. The largest absolute Gasteiger partial charge is 0.492 e. The lowest BCUT2D eigenvalue weighted by atomic mass is 9.95. The van der Waals surface area contributed by atoms with Crippen molar-refractivity contribution in [1.82, 2.24) is 4.98 Å². The van der Waals surface area contributed by atoms with Gasteiger partial charge in [0.05, 0.1) is 12.1 Å². The van der Waals surface area contributed by atoms with Crippen molar-refractivity contribution in [2.45, 2.75) is 32.6 Å². The summed E-state index contributed by atoms with van der Waals surface area (Å²) < 4.78 is 5.79. The predicted molar refractivity (Wildman–Crippen MR) is 95.5 cm³/mol. The lowest BCUT2D eigenvalue weighted by Gasteiger charge is -2.23. The van der Waals surface area contributed by atoms with E-state index in [-0.39, 0.29) is 0 Å². The molecule has 0 unspecified atom stereocenters. The molecule has 1 aliphatic carbocycles. The number of fused-ring (bicyclic) bond motifs is 1. The second kappa shape index (κ2) is 7.35. The van der Waals surface area contributed by atoms with Gasteiger partial charge >= 0.3 is 0 Å². The zero-order chi connectivity index (χ0) is 16.9. The molecule has 3 rings (SSSR count). The van der Waals surface area contributed by atoms with Crippen LogP contribution in [0.4, 0.5) is 5.82 Å². The molecule has 0 radical (unpaired) electrons.